The second-order valence-corrected chi connectivity index (χ2v) is 7.07. The van der Waals surface area contributed by atoms with Crippen LogP contribution in [0.1, 0.15) is 44.9 Å². The molecule has 1 aliphatic carbocycles. The number of hydrogen-bond acceptors (Lipinski definition) is 1. The van der Waals surface area contributed by atoms with Crippen LogP contribution in [0.2, 0.25) is 0 Å². The fourth-order valence-electron chi connectivity index (χ4n) is 4.59. The quantitative estimate of drug-likeness (QED) is 0.743. The Morgan fingerprint density at radius 2 is 2.05 bits per heavy atom. The van der Waals surface area contributed by atoms with Gasteiger partial charge >= 0.3 is 0 Å². The van der Waals surface area contributed by atoms with Gasteiger partial charge in [0.05, 0.1) is 19.6 Å². The van der Waals surface area contributed by atoms with Gasteiger partial charge in [-0.25, -0.2) is 0 Å². The van der Waals surface area contributed by atoms with Gasteiger partial charge in [0, 0.05) is 24.7 Å². The molecule has 3 nitrogen and oxygen atoms in total. The van der Waals surface area contributed by atoms with Crippen molar-refractivity contribution in [1.29, 1.82) is 0 Å². The number of quaternary nitrogens is 1. The summed E-state index contributed by atoms with van der Waals surface area (Å²) in [4.78, 5) is 13.9. The number of carbonyl (C=O) groups excluding carboxylic acids is 1. The average molecular weight is 277 g/mol. The van der Waals surface area contributed by atoms with Gasteiger partial charge in [-0.05, 0) is 18.8 Å². The Hall–Kier alpha value is -0.830. The summed E-state index contributed by atoms with van der Waals surface area (Å²) in [6, 6.07) is 0.650. The van der Waals surface area contributed by atoms with E-state index in [1.807, 2.05) is 0 Å². The normalized spacial score (nSPS) is 37.6. The molecule has 3 heterocycles. The molecular weight excluding hydrogens is 248 g/mol. The lowest BCUT2D eigenvalue weighted by molar-refractivity contribution is -0.944. The molecule has 4 fully saturated rings. The standard InChI is InChI=1S/C17H28N2O/c1-2-13-12-19-9-8-15(13)10-16(19)11-18-17(20)14-6-4-3-5-7-14/h2,13-16H,1,3-12H2,(H,18,20)/p+1/t13-,15+,16+/m0/s1. The van der Waals surface area contributed by atoms with E-state index in [2.05, 4.69) is 18.0 Å². The third-order valence-corrected chi connectivity index (χ3v) is 5.91. The van der Waals surface area contributed by atoms with Crippen molar-refractivity contribution in [3.8, 4) is 0 Å². The van der Waals surface area contributed by atoms with Crippen molar-refractivity contribution in [1.82, 2.24) is 5.32 Å². The average Bonchev–Trinajstić information content (AvgIpc) is 2.53. The molecule has 4 atom stereocenters. The van der Waals surface area contributed by atoms with Crippen molar-refractivity contribution in [2.45, 2.75) is 51.0 Å². The zero-order valence-corrected chi connectivity index (χ0v) is 12.6. The number of nitrogens with one attached hydrogen (secondary N) is 2. The van der Waals surface area contributed by atoms with Gasteiger partial charge in [0.15, 0.2) is 0 Å². The van der Waals surface area contributed by atoms with Crippen LogP contribution in [0, 0.1) is 17.8 Å². The highest BCUT2D eigenvalue weighted by Crippen LogP contribution is 2.27. The number of piperidine rings is 3. The van der Waals surface area contributed by atoms with Gasteiger partial charge in [0.2, 0.25) is 5.91 Å². The van der Waals surface area contributed by atoms with E-state index in [1.165, 1.54) is 45.2 Å². The number of hydrogen-bond donors (Lipinski definition) is 2. The molecule has 4 aliphatic rings. The molecule has 20 heavy (non-hydrogen) atoms. The first-order chi connectivity index (χ1) is 9.78. The fourth-order valence-corrected chi connectivity index (χ4v) is 4.59. The van der Waals surface area contributed by atoms with Gasteiger partial charge < -0.3 is 10.2 Å². The molecule has 4 rings (SSSR count). The number of rotatable bonds is 4. The zero-order chi connectivity index (χ0) is 13.9. The predicted octanol–water partition coefficient (Wildman–Crippen LogP) is 1.16. The molecular formula is C17H29N2O+. The summed E-state index contributed by atoms with van der Waals surface area (Å²) in [5.41, 5.74) is 0. The van der Waals surface area contributed by atoms with Crippen molar-refractivity contribution in [2.24, 2.45) is 17.8 Å². The largest absolute Gasteiger partial charge is 0.350 e. The second kappa shape index (κ2) is 6.30. The van der Waals surface area contributed by atoms with E-state index < -0.39 is 0 Å². The molecule has 2 bridgehead atoms. The highest BCUT2D eigenvalue weighted by atomic mass is 16.1. The van der Waals surface area contributed by atoms with Crippen molar-refractivity contribution in [3.05, 3.63) is 12.7 Å². The van der Waals surface area contributed by atoms with Crippen LogP contribution in [-0.4, -0.2) is 31.6 Å². The van der Waals surface area contributed by atoms with Gasteiger partial charge in [-0.15, -0.1) is 6.58 Å². The van der Waals surface area contributed by atoms with Gasteiger partial charge in [0.25, 0.3) is 0 Å². The Bertz CT molecular complexity index is 362. The first-order valence-electron chi connectivity index (χ1n) is 8.52. The van der Waals surface area contributed by atoms with Gasteiger partial charge in [-0.3, -0.25) is 4.79 Å². The fraction of sp³-hybridized carbons (Fsp3) is 0.824. The molecule has 2 N–H and O–H groups in total. The Balaban J connectivity index is 1.47. The molecule has 0 aromatic heterocycles. The van der Waals surface area contributed by atoms with Crippen LogP contribution in [0.25, 0.3) is 0 Å². The summed E-state index contributed by atoms with van der Waals surface area (Å²) >= 11 is 0. The number of amides is 1. The monoisotopic (exact) mass is 277 g/mol. The first kappa shape index (κ1) is 14.1. The highest BCUT2D eigenvalue weighted by Gasteiger charge is 2.42. The summed E-state index contributed by atoms with van der Waals surface area (Å²) in [6.07, 6.45) is 10.8. The Morgan fingerprint density at radius 1 is 1.25 bits per heavy atom. The molecule has 3 aliphatic heterocycles. The maximum atomic E-state index is 12.2. The molecule has 1 amide bonds. The Morgan fingerprint density at radius 3 is 2.70 bits per heavy atom. The SMILES string of the molecule is C=C[C@H]1C[NH+]2CC[C@@H]1C[C@@H]2CNC(=O)C1CCCCC1. The third-order valence-electron chi connectivity index (χ3n) is 5.91. The molecule has 3 heteroatoms. The van der Waals surface area contributed by atoms with Crippen molar-refractivity contribution >= 4 is 5.91 Å². The van der Waals surface area contributed by atoms with Crippen molar-refractivity contribution < 1.29 is 9.69 Å². The van der Waals surface area contributed by atoms with Crippen LogP contribution in [0.15, 0.2) is 12.7 Å². The number of carbonyl (C=O) groups is 1. The van der Waals surface area contributed by atoms with Crippen LogP contribution in [0.3, 0.4) is 0 Å². The lowest BCUT2D eigenvalue weighted by atomic mass is 9.75. The maximum absolute atomic E-state index is 12.2. The maximum Gasteiger partial charge on any atom is 0.223 e. The van der Waals surface area contributed by atoms with Crippen molar-refractivity contribution in [3.63, 3.8) is 0 Å². The van der Waals surface area contributed by atoms with Gasteiger partial charge in [-0.2, -0.15) is 0 Å². The predicted molar refractivity (Wildman–Crippen MR) is 80.5 cm³/mol. The van der Waals surface area contributed by atoms with E-state index in [4.69, 9.17) is 0 Å². The minimum absolute atomic E-state index is 0.301. The smallest absolute Gasteiger partial charge is 0.223 e. The summed E-state index contributed by atoms with van der Waals surface area (Å²) in [7, 11) is 0. The van der Waals surface area contributed by atoms with Crippen LogP contribution in [0.4, 0.5) is 0 Å². The van der Waals surface area contributed by atoms with Crippen LogP contribution in [-0.2, 0) is 4.79 Å². The minimum Gasteiger partial charge on any atom is -0.350 e. The zero-order valence-electron chi connectivity index (χ0n) is 12.6. The third kappa shape index (κ3) is 2.93. The summed E-state index contributed by atoms with van der Waals surface area (Å²) in [5.74, 6) is 2.16. The second-order valence-electron chi connectivity index (χ2n) is 7.07. The van der Waals surface area contributed by atoms with Gasteiger partial charge in [0.1, 0.15) is 6.04 Å². The molecule has 112 valence electrons. The topological polar surface area (TPSA) is 33.5 Å². The Kier molecular flexibility index (Phi) is 4.45. The van der Waals surface area contributed by atoms with Crippen molar-refractivity contribution in [2.75, 3.05) is 19.6 Å². The highest BCUT2D eigenvalue weighted by molar-refractivity contribution is 5.78. The summed E-state index contributed by atoms with van der Waals surface area (Å²) in [5, 5.41) is 3.25. The summed E-state index contributed by atoms with van der Waals surface area (Å²) < 4.78 is 0. The molecule has 1 unspecified atom stereocenters. The van der Waals surface area contributed by atoms with E-state index in [9.17, 15) is 4.79 Å². The number of fused-ring (bicyclic) bond motifs is 3. The minimum atomic E-state index is 0.301. The van der Waals surface area contributed by atoms with Crippen LogP contribution >= 0.6 is 0 Å². The molecule has 1 saturated carbocycles. The molecule has 0 radical (unpaired) electrons. The molecule has 0 aromatic carbocycles. The van der Waals surface area contributed by atoms with E-state index in [-0.39, 0.29) is 0 Å². The summed E-state index contributed by atoms with van der Waals surface area (Å²) in [6.45, 7) is 7.40. The van der Waals surface area contributed by atoms with E-state index >= 15 is 0 Å². The molecule has 3 saturated heterocycles. The van der Waals surface area contributed by atoms with Crippen LogP contribution in [0.5, 0.6) is 0 Å². The van der Waals surface area contributed by atoms with Gasteiger partial charge in [-0.1, -0.05) is 25.3 Å². The molecule has 0 aromatic rings. The first-order valence-corrected chi connectivity index (χ1v) is 8.52. The Labute approximate surface area is 122 Å². The molecule has 0 spiro atoms. The van der Waals surface area contributed by atoms with E-state index in [0.717, 1.165) is 25.3 Å². The van der Waals surface area contributed by atoms with Crippen LogP contribution < -0.4 is 10.2 Å². The van der Waals surface area contributed by atoms with E-state index in [1.54, 1.807) is 4.90 Å². The lowest BCUT2D eigenvalue weighted by Gasteiger charge is -2.46. The van der Waals surface area contributed by atoms with E-state index in [0.29, 0.717) is 23.8 Å². The lowest BCUT2D eigenvalue weighted by Crippen LogP contribution is -3.20.